The molecule has 0 aromatic heterocycles. The van der Waals surface area contributed by atoms with Crippen LogP contribution in [0.25, 0.3) is 0 Å². The van der Waals surface area contributed by atoms with Crippen LogP contribution in [0, 0.1) is 11.8 Å². The standard InChI is InChI=1S/C28H37N3O3/c1-20(2)21(3)29-28(34)26(30-27(33)24-12-8-5-9-13-24)23-16-18-31(19-17-23)25(32)15-14-22-10-6-4-7-11-22/h4-13,20-21,23,26H,14-19H2,1-3H3,(H,29,34)(H,30,33)/t21-,26+/m1/s1. The van der Waals surface area contributed by atoms with Crippen LogP contribution >= 0.6 is 0 Å². The van der Waals surface area contributed by atoms with E-state index in [1.165, 1.54) is 0 Å². The number of amides is 3. The van der Waals surface area contributed by atoms with Gasteiger partial charge in [0.05, 0.1) is 0 Å². The average Bonchev–Trinajstić information content (AvgIpc) is 2.86. The molecule has 6 nitrogen and oxygen atoms in total. The number of rotatable bonds is 9. The zero-order valence-electron chi connectivity index (χ0n) is 20.5. The van der Waals surface area contributed by atoms with E-state index in [-0.39, 0.29) is 29.7 Å². The Hall–Kier alpha value is -3.15. The van der Waals surface area contributed by atoms with Gasteiger partial charge in [-0.2, -0.15) is 0 Å². The van der Waals surface area contributed by atoms with Crippen LogP contribution in [0.3, 0.4) is 0 Å². The zero-order chi connectivity index (χ0) is 24.5. The van der Waals surface area contributed by atoms with Gasteiger partial charge in [-0.05, 0) is 55.7 Å². The second-order valence-electron chi connectivity index (χ2n) is 9.56. The van der Waals surface area contributed by atoms with Crippen LogP contribution in [0.5, 0.6) is 0 Å². The number of aryl methyl sites for hydroxylation is 1. The van der Waals surface area contributed by atoms with Crippen molar-refractivity contribution >= 4 is 17.7 Å². The van der Waals surface area contributed by atoms with E-state index in [4.69, 9.17) is 0 Å². The Morgan fingerprint density at radius 2 is 1.47 bits per heavy atom. The van der Waals surface area contributed by atoms with Crippen molar-refractivity contribution in [1.29, 1.82) is 0 Å². The summed E-state index contributed by atoms with van der Waals surface area (Å²) in [5, 5.41) is 6.06. The molecule has 1 heterocycles. The van der Waals surface area contributed by atoms with Gasteiger partial charge in [-0.1, -0.05) is 62.4 Å². The number of hydrogen-bond acceptors (Lipinski definition) is 3. The van der Waals surface area contributed by atoms with Gasteiger partial charge < -0.3 is 15.5 Å². The van der Waals surface area contributed by atoms with Crippen LogP contribution in [0.1, 0.15) is 56.0 Å². The lowest BCUT2D eigenvalue weighted by Gasteiger charge is -2.36. The molecule has 1 aliphatic heterocycles. The number of hydrogen-bond donors (Lipinski definition) is 2. The Balaban J connectivity index is 1.61. The molecule has 2 aromatic carbocycles. The molecule has 0 bridgehead atoms. The summed E-state index contributed by atoms with van der Waals surface area (Å²) >= 11 is 0. The second kappa shape index (κ2) is 12.4. The monoisotopic (exact) mass is 463 g/mol. The lowest BCUT2D eigenvalue weighted by atomic mass is 9.88. The third-order valence-corrected chi connectivity index (χ3v) is 6.81. The molecule has 182 valence electrons. The fourth-order valence-electron chi connectivity index (χ4n) is 4.23. The first-order valence-electron chi connectivity index (χ1n) is 12.3. The van der Waals surface area contributed by atoms with E-state index in [0.717, 1.165) is 12.0 Å². The Labute approximate surface area is 203 Å². The van der Waals surface area contributed by atoms with E-state index in [0.29, 0.717) is 43.8 Å². The first-order chi connectivity index (χ1) is 16.3. The van der Waals surface area contributed by atoms with Crippen molar-refractivity contribution in [3.63, 3.8) is 0 Å². The number of carbonyl (C=O) groups excluding carboxylic acids is 3. The molecule has 2 atom stereocenters. The van der Waals surface area contributed by atoms with Crippen LogP contribution < -0.4 is 10.6 Å². The highest BCUT2D eigenvalue weighted by atomic mass is 16.2. The molecule has 6 heteroatoms. The molecule has 0 radical (unpaired) electrons. The van der Waals surface area contributed by atoms with E-state index in [2.05, 4.69) is 24.5 Å². The predicted octanol–water partition coefficient (Wildman–Crippen LogP) is 3.82. The lowest BCUT2D eigenvalue weighted by molar-refractivity contribution is -0.133. The van der Waals surface area contributed by atoms with Crippen molar-refractivity contribution in [3.8, 4) is 0 Å². The van der Waals surface area contributed by atoms with Gasteiger partial charge in [0.15, 0.2) is 0 Å². The van der Waals surface area contributed by atoms with Gasteiger partial charge in [-0.25, -0.2) is 0 Å². The third kappa shape index (κ3) is 7.17. The first kappa shape index (κ1) is 25.5. The zero-order valence-corrected chi connectivity index (χ0v) is 20.5. The largest absolute Gasteiger partial charge is 0.352 e. The topological polar surface area (TPSA) is 78.5 Å². The molecule has 0 spiro atoms. The maximum Gasteiger partial charge on any atom is 0.251 e. The number of nitrogens with one attached hydrogen (secondary N) is 2. The summed E-state index contributed by atoms with van der Waals surface area (Å²) < 4.78 is 0. The van der Waals surface area contributed by atoms with E-state index >= 15 is 0 Å². The fourth-order valence-corrected chi connectivity index (χ4v) is 4.23. The van der Waals surface area contributed by atoms with Gasteiger partial charge in [0.2, 0.25) is 11.8 Å². The van der Waals surface area contributed by atoms with Crippen LogP contribution in [0.2, 0.25) is 0 Å². The minimum absolute atomic E-state index is 0.00304. The number of carbonyl (C=O) groups is 3. The summed E-state index contributed by atoms with van der Waals surface area (Å²) in [5.41, 5.74) is 1.69. The summed E-state index contributed by atoms with van der Waals surface area (Å²) in [7, 11) is 0. The van der Waals surface area contributed by atoms with Crippen molar-refractivity contribution in [2.45, 2.75) is 58.5 Å². The number of nitrogens with zero attached hydrogens (tertiary/aromatic N) is 1. The van der Waals surface area contributed by atoms with Gasteiger partial charge in [-0.3, -0.25) is 14.4 Å². The molecule has 0 saturated carbocycles. The second-order valence-corrected chi connectivity index (χ2v) is 9.56. The van der Waals surface area contributed by atoms with E-state index in [1.807, 2.05) is 60.4 Å². The Kier molecular flexibility index (Phi) is 9.25. The normalized spacial score (nSPS) is 16.1. The summed E-state index contributed by atoms with van der Waals surface area (Å²) in [4.78, 5) is 40.7. The van der Waals surface area contributed by atoms with Gasteiger partial charge in [0.25, 0.3) is 5.91 Å². The lowest BCUT2D eigenvalue weighted by Crippen LogP contribution is -2.55. The number of piperidine rings is 1. The highest BCUT2D eigenvalue weighted by molar-refractivity contribution is 5.97. The molecule has 1 aliphatic rings. The molecule has 3 rings (SSSR count). The Morgan fingerprint density at radius 1 is 0.882 bits per heavy atom. The van der Waals surface area contributed by atoms with E-state index in [1.54, 1.807) is 12.1 Å². The van der Waals surface area contributed by atoms with Crippen molar-refractivity contribution in [1.82, 2.24) is 15.5 Å². The van der Waals surface area contributed by atoms with Crippen LogP contribution in [-0.4, -0.2) is 47.8 Å². The van der Waals surface area contributed by atoms with Crippen molar-refractivity contribution in [2.24, 2.45) is 11.8 Å². The summed E-state index contributed by atoms with van der Waals surface area (Å²) in [6, 6.07) is 18.4. The number of benzene rings is 2. The number of likely N-dealkylation sites (tertiary alicyclic amines) is 1. The van der Waals surface area contributed by atoms with Crippen LogP contribution in [0.15, 0.2) is 60.7 Å². The maximum atomic E-state index is 13.2. The summed E-state index contributed by atoms with van der Waals surface area (Å²) in [6.45, 7) is 7.29. The maximum absolute atomic E-state index is 13.2. The highest BCUT2D eigenvalue weighted by Crippen LogP contribution is 2.23. The van der Waals surface area contributed by atoms with Gasteiger partial charge in [-0.15, -0.1) is 0 Å². The van der Waals surface area contributed by atoms with Gasteiger partial charge >= 0.3 is 0 Å². The van der Waals surface area contributed by atoms with Crippen molar-refractivity contribution < 1.29 is 14.4 Å². The molecule has 0 unspecified atom stereocenters. The Morgan fingerprint density at radius 3 is 2.06 bits per heavy atom. The van der Waals surface area contributed by atoms with Gasteiger partial charge in [0.1, 0.15) is 6.04 Å². The fraction of sp³-hybridized carbons (Fsp3) is 0.464. The smallest absolute Gasteiger partial charge is 0.251 e. The SMILES string of the molecule is CC(C)[C@@H](C)NC(=O)[C@@H](NC(=O)c1ccccc1)C1CCN(C(=O)CCc2ccccc2)CC1. The predicted molar refractivity (Wildman–Crippen MR) is 134 cm³/mol. The molecular formula is C28H37N3O3. The minimum atomic E-state index is -0.629. The van der Waals surface area contributed by atoms with E-state index in [9.17, 15) is 14.4 Å². The molecule has 2 aromatic rings. The first-order valence-corrected chi connectivity index (χ1v) is 12.3. The van der Waals surface area contributed by atoms with Gasteiger partial charge in [0, 0.05) is 31.1 Å². The average molecular weight is 464 g/mol. The molecule has 1 saturated heterocycles. The highest BCUT2D eigenvalue weighted by Gasteiger charge is 2.34. The summed E-state index contributed by atoms with van der Waals surface area (Å²) in [5.74, 6) is 0.00686. The molecular weight excluding hydrogens is 426 g/mol. The molecule has 0 aliphatic carbocycles. The van der Waals surface area contributed by atoms with Crippen LogP contribution in [0.4, 0.5) is 0 Å². The van der Waals surface area contributed by atoms with Crippen molar-refractivity contribution in [2.75, 3.05) is 13.1 Å². The molecule has 1 fully saturated rings. The Bertz CT molecular complexity index is 938. The molecule has 34 heavy (non-hydrogen) atoms. The molecule has 2 N–H and O–H groups in total. The minimum Gasteiger partial charge on any atom is -0.352 e. The van der Waals surface area contributed by atoms with E-state index < -0.39 is 6.04 Å². The van der Waals surface area contributed by atoms with Crippen molar-refractivity contribution in [3.05, 3.63) is 71.8 Å². The quantitative estimate of drug-likeness (QED) is 0.594. The molecule has 3 amide bonds. The summed E-state index contributed by atoms with van der Waals surface area (Å²) in [6.07, 6.45) is 2.57. The van der Waals surface area contributed by atoms with Crippen LogP contribution in [-0.2, 0) is 16.0 Å². The third-order valence-electron chi connectivity index (χ3n) is 6.81.